The number of benzene rings is 7. The number of hydrogen-bond donors (Lipinski definition) is 0. The van der Waals surface area contributed by atoms with Gasteiger partial charge in [0.2, 0.25) is 0 Å². The van der Waals surface area contributed by atoms with Gasteiger partial charge in [0, 0.05) is 22.1 Å². The highest BCUT2D eigenvalue weighted by Gasteiger charge is 2.54. The van der Waals surface area contributed by atoms with E-state index in [4.69, 9.17) is 15.0 Å². The van der Waals surface area contributed by atoms with E-state index in [2.05, 4.69) is 159 Å². The van der Waals surface area contributed by atoms with Crippen LogP contribution in [0.25, 0.3) is 56.1 Å². The summed E-state index contributed by atoms with van der Waals surface area (Å²) < 4.78 is 0. The Balaban J connectivity index is 1.33. The summed E-state index contributed by atoms with van der Waals surface area (Å²) in [6.07, 6.45) is 0. The molecule has 0 atom stereocenters. The molecule has 236 valence electrons. The third-order valence-corrected chi connectivity index (χ3v) is 11.0. The number of fused-ring (bicyclic) bond motifs is 10. The molecule has 0 amide bonds. The summed E-state index contributed by atoms with van der Waals surface area (Å²) in [5.74, 6) is 2.00. The van der Waals surface area contributed by atoms with Crippen molar-refractivity contribution in [3.05, 3.63) is 197 Å². The van der Waals surface area contributed by atoms with E-state index in [1.807, 2.05) is 18.2 Å². The molecule has 3 nitrogen and oxygen atoms in total. The molecule has 1 spiro atoms. The van der Waals surface area contributed by atoms with E-state index in [-0.39, 0.29) is 5.41 Å². The summed E-state index contributed by atoms with van der Waals surface area (Å²) in [7, 11) is 0. The van der Waals surface area contributed by atoms with Crippen LogP contribution in [0, 0.1) is 0 Å². The molecule has 0 saturated carbocycles. The van der Waals surface area contributed by atoms with Crippen LogP contribution in [0.3, 0.4) is 0 Å². The van der Waals surface area contributed by atoms with Crippen molar-refractivity contribution >= 4 is 10.8 Å². The summed E-state index contributed by atoms with van der Waals surface area (Å²) in [6.45, 7) is 4.72. The molecule has 0 radical (unpaired) electrons. The van der Waals surface area contributed by atoms with Crippen LogP contribution in [0.4, 0.5) is 0 Å². The quantitative estimate of drug-likeness (QED) is 0.193. The van der Waals surface area contributed by atoms with Gasteiger partial charge in [-0.1, -0.05) is 172 Å². The first-order chi connectivity index (χ1) is 24.5. The Hall–Kier alpha value is -6.19. The van der Waals surface area contributed by atoms with Crippen molar-refractivity contribution in [1.29, 1.82) is 0 Å². The largest absolute Gasteiger partial charge is 0.208 e. The second kappa shape index (κ2) is 10.7. The van der Waals surface area contributed by atoms with Crippen molar-refractivity contribution < 1.29 is 0 Å². The fraction of sp³-hybridized carbons (Fsp3) is 0.0851. The zero-order valence-corrected chi connectivity index (χ0v) is 27.9. The Morgan fingerprint density at radius 1 is 0.360 bits per heavy atom. The van der Waals surface area contributed by atoms with Gasteiger partial charge in [-0.25, -0.2) is 15.0 Å². The number of rotatable bonds is 3. The van der Waals surface area contributed by atoms with Crippen LogP contribution in [0.15, 0.2) is 164 Å². The first-order valence-electron chi connectivity index (χ1n) is 17.3. The Labute approximate surface area is 292 Å². The molecule has 1 aromatic heterocycles. The first-order valence-corrected chi connectivity index (χ1v) is 17.3. The maximum Gasteiger partial charge on any atom is 0.164 e. The highest BCUT2D eigenvalue weighted by molar-refractivity contribution is 5.91. The summed E-state index contributed by atoms with van der Waals surface area (Å²) in [6, 6.07) is 58.9. The molecule has 7 aromatic carbocycles. The molecule has 10 rings (SSSR count). The summed E-state index contributed by atoms with van der Waals surface area (Å²) in [4.78, 5) is 15.8. The van der Waals surface area contributed by atoms with E-state index in [1.54, 1.807) is 0 Å². The van der Waals surface area contributed by atoms with Gasteiger partial charge in [0.05, 0.1) is 5.41 Å². The van der Waals surface area contributed by atoms with Gasteiger partial charge < -0.3 is 0 Å². The van der Waals surface area contributed by atoms with E-state index in [0.29, 0.717) is 17.5 Å². The molecule has 0 aliphatic heterocycles. The van der Waals surface area contributed by atoms with E-state index < -0.39 is 5.41 Å². The summed E-state index contributed by atoms with van der Waals surface area (Å²) in [5.41, 5.74) is 12.4. The van der Waals surface area contributed by atoms with Crippen LogP contribution in [-0.2, 0) is 10.8 Å². The molecule has 0 unspecified atom stereocenters. The molecule has 2 aliphatic carbocycles. The second-order valence-electron chi connectivity index (χ2n) is 14.0. The monoisotopic (exact) mass is 639 g/mol. The topological polar surface area (TPSA) is 38.7 Å². The van der Waals surface area contributed by atoms with Crippen molar-refractivity contribution in [2.45, 2.75) is 24.7 Å². The van der Waals surface area contributed by atoms with E-state index in [0.717, 1.165) is 22.1 Å². The van der Waals surface area contributed by atoms with Crippen molar-refractivity contribution in [2.24, 2.45) is 0 Å². The third-order valence-electron chi connectivity index (χ3n) is 11.0. The minimum Gasteiger partial charge on any atom is -0.208 e. The maximum absolute atomic E-state index is 5.36. The molecule has 1 heterocycles. The van der Waals surface area contributed by atoms with Crippen LogP contribution >= 0.6 is 0 Å². The van der Waals surface area contributed by atoms with Crippen molar-refractivity contribution in [2.75, 3.05) is 0 Å². The van der Waals surface area contributed by atoms with E-state index in [9.17, 15) is 0 Å². The fourth-order valence-electron chi connectivity index (χ4n) is 8.76. The molecular weight excluding hydrogens is 607 g/mol. The zero-order chi connectivity index (χ0) is 33.5. The highest BCUT2D eigenvalue weighted by atomic mass is 15.0. The van der Waals surface area contributed by atoms with Gasteiger partial charge in [-0.3, -0.25) is 0 Å². The molecule has 2 aliphatic rings. The van der Waals surface area contributed by atoms with Gasteiger partial charge in [-0.2, -0.15) is 0 Å². The zero-order valence-electron chi connectivity index (χ0n) is 27.9. The molecule has 0 saturated heterocycles. The molecule has 8 aromatic rings. The summed E-state index contributed by atoms with van der Waals surface area (Å²) >= 11 is 0. The van der Waals surface area contributed by atoms with Crippen LogP contribution in [0.1, 0.15) is 47.2 Å². The van der Waals surface area contributed by atoms with Gasteiger partial charge in [-0.15, -0.1) is 0 Å². The molecule has 0 fully saturated rings. The van der Waals surface area contributed by atoms with Crippen LogP contribution in [0.2, 0.25) is 0 Å². The van der Waals surface area contributed by atoms with E-state index in [1.165, 1.54) is 49.9 Å². The van der Waals surface area contributed by atoms with Crippen molar-refractivity contribution in [3.63, 3.8) is 0 Å². The molecule has 0 bridgehead atoms. The normalized spacial score (nSPS) is 14.5. The van der Waals surface area contributed by atoms with Crippen LogP contribution in [0.5, 0.6) is 0 Å². The standard InChI is InChI=1S/C47H33N3/c1-46(2)39-24-12-13-25-40(39)47(37-22-10-8-19-34(37)35-20-9-11-23-38(35)47)42-36(21-14-26-41(42)46)45-49-43(31-16-4-3-5-17-31)48-44(50-45)33-28-27-30-15-6-7-18-32(30)29-33/h3-29H,1-2H3. The van der Waals surface area contributed by atoms with Gasteiger partial charge in [-0.05, 0) is 61.3 Å². The maximum atomic E-state index is 5.36. The minimum atomic E-state index is -0.562. The van der Waals surface area contributed by atoms with E-state index >= 15 is 0 Å². The smallest absolute Gasteiger partial charge is 0.164 e. The average molecular weight is 640 g/mol. The lowest BCUT2D eigenvalue weighted by Gasteiger charge is -2.47. The Bertz CT molecular complexity index is 2590. The Morgan fingerprint density at radius 3 is 1.60 bits per heavy atom. The number of aromatic nitrogens is 3. The number of nitrogens with zero attached hydrogens (tertiary/aromatic N) is 3. The SMILES string of the molecule is CC1(C)c2ccccc2C2(c3ccccc3-c3ccccc32)c2c(-c3nc(-c4ccccc4)nc(-c4ccc5ccccc5c4)n3)cccc21. The molecule has 3 heteroatoms. The third kappa shape index (κ3) is 3.95. The highest BCUT2D eigenvalue weighted by Crippen LogP contribution is 2.63. The van der Waals surface area contributed by atoms with Crippen molar-refractivity contribution in [1.82, 2.24) is 15.0 Å². The second-order valence-corrected chi connectivity index (χ2v) is 14.0. The molecular formula is C47H33N3. The molecule has 50 heavy (non-hydrogen) atoms. The lowest BCUT2D eigenvalue weighted by Crippen LogP contribution is -2.41. The van der Waals surface area contributed by atoms with Gasteiger partial charge in [0.15, 0.2) is 17.5 Å². The summed E-state index contributed by atoms with van der Waals surface area (Å²) in [5, 5.41) is 2.34. The Morgan fingerprint density at radius 2 is 0.880 bits per heavy atom. The average Bonchev–Trinajstić information content (AvgIpc) is 3.47. The van der Waals surface area contributed by atoms with Gasteiger partial charge >= 0.3 is 0 Å². The molecule has 0 N–H and O–H groups in total. The van der Waals surface area contributed by atoms with Crippen LogP contribution < -0.4 is 0 Å². The lowest BCUT2D eigenvalue weighted by molar-refractivity contribution is 0.564. The Kier molecular flexibility index (Phi) is 6.13. The van der Waals surface area contributed by atoms with Crippen molar-refractivity contribution in [3.8, 4) is 45.3 Å². The lowest BCUT2D eigenvalue weighted by atomic mass is 9.54. The fourth-order valence-corrected chi connectivity index (χ4v) is 8.76. The van der Waals surface area contributed by atoms with Gasteiger partial charge in [0.25, 0.3) is 0 Å². The minimum absolute atomic E-state index is 0.268. The number of hydrogen-bond acceptors (Lipinski definition) is 3. The predicted molar refractivity (Wildman–Crippen MR) is 203 cm³/mol. The van der Waals surface area contributed by atoms with Crippen LogP contribution in [-0.4, -0.2) is 15.0 Å². The van der Waals surface area contributed by atoms with Gasteiger partial charge in [0.1, 0.15) is 0 Å². The predicted octanol–water partition coefficient (Wildman–Crippen LogP) is 11.0. The first kappa shape index (κ1) is 28.8.